The molecule has 1 fully saturated rings. The van der Waals surface area contributed by atoms with Gasteiger partial charge in [0, 0.05) is 30.5 Å². The van der Waals surface area contributed by atoms with Crippen LogP contribution in [0.4, 0.5) is 0 Å². The Bertz CT molecular complexity index is 892. The van der Waals surface area contributed by atoms with Gasteiger partial charge in [0.1, 0.15) is 6.54 Å². The summed E-state index contributed by atoms with van der Waals surface area (Å²) in [5, 5.41) is 18.1. The molecule has 25 heavy (non-hydrogen) atoms. The molecular weight excluding hydrogens is 316 g/mol. The topological polar surface area (TPSA) is 72.1 Å². The van der Waals surface area contributed by atoms with Crippen molar-refractivity contribution >= 4 is 16.8 Å². The van der Waals surface area contributed by atoms with E-state index in [1.54, 1.807) is 10.9 Å². The number of aliphatic hydroxyl groups is 1. The molecule has 6 nitrogen and oxygen atoms in total. The van der Waals surface area contributed by atoms with Crippen LogP contribution < -0.4 is 5.32 Å². The van der Waals surface area contributed by atoms with Crippen molar-refractivity contribution in [1.29, 1.82) is 0 Å². The second-order valence-corrected chi connectivity index (χ2v) is 6.88. The Morgan fingerprint density at radius 1 is 1.36 bits per heavy atom. The third-order valence-electron chi connectivity index (χ3n) is 5.02. The SMILES string of the molecule is Cn1cc([C@H](NC(=O)Cn2ccc3ccccc32)C2CC(O)C2)cn1. The lowest BCUT2D eigenvalue weighted by atomic mass is 9.75. The van der Waals surface area contributed by atoms with Gasteiger partial charge in [0.15, 0.2) is 0 Å². The Morgan fingerprint density at radius 2 is 2.16 bits per heavy atom. The molecular formula is C19H22N4O2. The molecule has 0 radical (unpaired) electrons. The molecule has 0 saturated heterocycles. The minimum atomic E-state index is -0.255. The van der Waals surface area contributed by atoms with Crippen molar-refractivity contribution in [2.45, 2.75) is 31.5 Å². The zero-order valence-electron chi connectivity index (χ0n) is 14.2. The van der Waals surface area contributed by atoms with Gasteiger partial charge in [0.05, 0.1) is 18.3 Å². The fourth-order valence-electron chi connectivity index (χ4n) is 3.63. The van der Waals surface area contributed by atoms with Crippen LogP contribution in [0.1, 0.15) is 24.4 Å². The van der Waals surface area contributed by atoms with Crippen LogP contribution in [0.25, 0.3) is 10.9 Å². The monoisotopic (exact) mass is 338 g/mol. The Morgan fingerprint density at radius 3 is 2.88 bits per heavy atom. The largest absolute Gasteiger partial charge is 0.393 e. The maximum absolute atomic E-state index is 12.6. The van der Waals surface area contributed by atoms with Gasteiger partial charge in [-0.3, -0.25) is 9.48 Å². The Labute approximate surface area is 146 Å². The number of hydrogen-bond donors (Lipinski definition) is 2. The van der Waals surface area contributed by atoms with Gasteiger partial charge in [0.25, 0.3) is 0 Å². The zero-order chi connectivity index (χ0) is 17.4. The van der Waals surface area contributed by atoms with Crippen molar-refractivity contribution in [1.82, 2.24) is 19.7 Å². The van der Waals surface area contributed by atoms with Crippen molar-refractivity contribution < 1.29 is 9.90 Å². The number of para-hydroxylation sites is 1. The molecule has 2 heterocycles. The highest BCUT2D eigenvalue weighted by Gasteiger charge is 2.36. The average Bonchev–Trinajstić information content (AvgIpc) is 3.17. The number of benzene rings is 1. The third-order valence-corrected chi connectivity index (χ3v) is 5.02. The van der Waals surface area contributed by atoms with Gasteiger partial charge in [-0.05, 0) is 36.3 Å². The number of aliphatic hydroxyl groups excluding tert-OH is 1. The van der Waals surface area contributed by atoms with E-state index in [9.17, 15) is 9.90 Å². The third kappa shape index (κ3) is 3.17. The van der Waals surface area contributed by atoms with Crippen LogP contribution in [0.3, 0.4) is 0 Å². The molecule has 1 aliphatic carbocycles. The molecule has 1 amide bonds. The van der Waals surface area contributed by atoms with Gasteiger partial charge in [-0.2, -0.15) is 5.10 Å². The maximum atomic E-state index is 12.6. The second-order valence-electron chi connectivity index (χ2n) is 6.88. The van der Waals surface area contributed by atoms with Gasteiger partial charge in [-0.25, -0.2) is 0 Å². The van der Waals surface area contributed by atoms with Crippen molar-refractivity contribution in [3.05, 3.63) is 54.5 Å². The van der Waals surface area contributed by atoms with Crippen LogP contribution in [0.5, 0.6) is 0 Å². The molecule has 0 aliphatic heterocycles. The highest BCUT2D eigenvalue weighted by Crippen LogP contribution is 2.37. The molecule has 2 N–H and O–H groups in total. The minimum absolute atomic E-state index is 0.0309. The molecule has 3 aromatic rings. The summed E-state index contributed by atoms with van der Waals surface area (Å²) >= 11 is 0. The first-order valence-corrected chi connectivity index (χ1v) is 8.60. The summed E-state index contributed by atoms with van der Waals surface area (Å²) in [6, 6.07) is 9.94. The number of aromatic nitrogens is 3. The van der Waals surface area contributed by atoms with Gasteiger partial charge >= 0.3 is 0 Å². The van der Waals surface area contributed by atoms with Crippen LogP contribution in [0.15, 0.2) is 48.9 Å². The zero-order valence-corrected chi connectivity index (χ0v) is 14.2. The number of amides is 1. The van der Waals surface area contributed by atoms with Crippen LogP contribution in [-0.4, -0.2) is 31.5 Å². The molecule has 130 valence electrons. The van der Waals surface area contributed by atoms with Crippen molar-refractivity contribution in [2.24, 2.45) is 13.0 Å². The van der Waals surface area contributed by atoms with Gasteiger partial charge in [0.2, 0.25) is 5.91 Å². The number of carbonyl (C=O) groups is 1. The van der Waals surface area contributed by atoms with E-state index in [-0.39, 0.29) is 30.5 Å². The first-order valence-electron chi connectivity index (χ1n) is 8.60. The van der Waals surface area contributed by atoms with Gasteiger partial charge in [-0.1, -0.05) is 18.2 Å². The van der Waals surface area contributed by atoms with Gasteiger partial charge in [-0.15, -0.1) is 0 Å². The Kier molecular flexibility index (Phi) is 4.05. The van der Waals surface area contributed by atoms with Crippen molar-refractivity contribution in [2.75, 3.05) is 0 Å². The fourth-order valence-corrected chi connectivity index (χ4v) is 3.63. The molecule has 1 saturated carbocycles. The van der Waals surface area contributed by atoms with E-state index < -0.39 is 0 Å². The van der Waals surface area contributed by atoms with Crippen LogP contribution in [-0.2, 0) is 18.4 Å². The lowest BCUT2D eigenvalue weighted by molar-refractivity contribution is -0.123. The van der Waals surface area contributed by atoms with Crippen molar-refractivity contribution in [3.8, 4) is 0 Å². The molecule has 2 aromatic heterocycles. The first kappa shape index (κ1) is 15.9. The molecule has 0 unspecified atom stereocenters. The quantitative estimate of drug-likeness (QED) is 0.747. The molecule has 1 aliphatic rings. The van der Waals surface area contributed by atoms with E-state index in [4.69, 9.17) is 0 Å². The molecule has 1 atom stereocenters. The van der Waals surface area contributed by atoms with Crippen LogP contribution in [0.2, 0.25) is 0 Å². The molecule has 0 spiro atoms. The number of rotatable bonds is 5. The fraction of sp³-hybridized carbons (Fsp3) is 0.368. The summed E-state index contributed by atoms with van der Waals surface area (Å²) in [5.41, 5.74) is 2.04. The number of nitrogens with one attached hydrogen (secondary N) is 1. The number of nitrogens with zero attached hydrogens (tertiary/aromatic N) is 3. The summed E-state index contributed by atoms with van der Waals surface area (Å²) < 4.78 is 3.70. The van der Waals surface area contributed by atoms with E-state index in [0.717, 1.165) is 16.5 Å². The number of aryl methyl sites for hydroxylation is 1. The van der Waals surface area contributed by atoms with Crippen molar-refractivity contribution in [3.63, 3.8) is 0 Å². The van der Waals surface area contributed by atoms with E-state index in [0.29, 0.717) is 12.8 Å². The lowest BCUT2D eigenvalue weighted by Crippen LogP contribution is -2.42. The van der Waals surface area contributed by atoms with E-state index in [1.807, 2.05) is 54.3 Å². The molecule has 6 heteroatoms. The summed E-state index contributed by atoms with van der Waals surface area (Å²) in [7, 11) is 1.87. The highest BCUT2D eigenvalue weighted by atomic mass is 16.3. The standard InChI is InChI=1S/C19H22N4O2/c1-22-11-15(10-20-22)19(14-8-16(24)9-14)21-18(25)12-23-7-6-13-4-2-3-5-17(13)23/h2-7,10-11,14,16,19,24H,8-9,12H2,1H3,(H,21,25)/t14?,16?,19-/m1/s1. The second kappa shape index (κ2) is 6.37. The smallest absolute Gasteiger partial charge is 0.240 e. The summed E-state index contributed by atoms with van der Waals surface area (Å²) in [6.07, 6.45) is 6.84. The van der Waals surface area contributed by atoms with E-state index in [2.05, 4.69) is 10.4 Å². The summed E-state index contributed by atoms with van der Waals surface area (Å²) in [5.74, 6) is 0.223. The summed E-state index contributed by atoms with van der Waals surface area (Å²) in [4.78, 5) is 12.6. The highest BCUT2D eigenvalue weighted by molar-refractivity contribution is 5.83. The predicted octanol–water partition coefficient (Wildman–Crippen LogP) is 2.00. The number of carbonyl (C=O) groups excluding carboxylic acids is 1. The number of hydrogen-bond acceptors (Lipinski definition) is 3. The summed E-state index contributed by atoms with van der Waals surface area (Å²) in [6.45, 7) is 0.277. The molecule has 0 bridgehead atoms. The van der Waals surface area contributed by atoms with Crippen LogP contribution in [0, 0.1) is 5.92 Å². The van der Waals surface area contributed by atoms with Crippen LogP contribution >= 0.6 is 0 Å². The molecule has 1 aromatic carbocycles. The minimum Gasteiger partial charge on any atom is -0.393 e. The normalized spacial score (nSPS) is 21.0. The van der Waals surface area contributed by atoms with Gasteiger partial charge < -0.3 is 15.0 Å². The maximum Gasteiger partial charge on any atom is 0.240 e. The Hall–Kier alpha value is -2.60. The first-order chi connectivity index (χ1) is 12.1. The lowest BCUT2D eigenvalue weighted by Gasteiger charge is -2.37. The average molecular weight is 338 g/mol. The molecule has 4 rings (SSSR count). The number of fused-ring (bicyclic) bond motifs is 1. The Balaban J connectivity index is 1.50. The van der Waals surface area contributed by atoms with E-state index in [1.165, 1.54) is 0 Å². The predicted molar refractivity (Wildman–Crippen MR) is 94.8 cm³/mol. The van der Waals surface area contributed by atoms with E-state index >= 15 is 0 Å².